The molecule has 5 nitrogen and oxygen atoms in total. The van der Waals surface area contributed by atoms with Gasteiger partial charge >= 0.3 is 0 Å². The summed E-state index contributed by atoms with van der Waals surface area (Å²) in [6, 6.07) is 13.7. The summed E-state index contributed by atoms with van der Waals surface area (Å²) in [6.07, 6.45) is 0. The van der Waals surface area contributed by atoms with E-state index in [0.717, 1.165) is 0 Å². The van der Waals surface area contributed by atoms with Crippen molar-refractivity contribution in [3.05, 3.63) is 53.7 Å². The largest absolute Gasteiger partial charge is 0.439 e. The minimum Gasteiger partial charge on any atom is -0.439 e. The van der Waals surface area contributed by atoms with E-state index in [1.165, 1.54) is 4.90 Å². The van der Waals surface area contributed by atoms with E-state index in [1.807, 2.05) is 6.07 Å². The Balaban J connectivity index is 2.24. The second-order valence-corrected chi connectivity index (χ2v) is 4.30. The summed E-state index contributed by atoms with van der Waals surface area (Å²) in [4.78, 5) is 17.4. The Morgan fingerprint density at radius 3 is 2.70 bits per heavy atom. The van der Waals surface area contributed by atoms with Crippen LogP contribution in [0.3, 0.4) is 0 Å². The van der Waals surface area contributed by atoms with Crippen LogP contribution < -0.4 is 4.74 Å². The van der Waals surface area contributed by atoms with Crippen molar-refractivity contribution in [1.82, 2.24) is 9.88 Å². The Morgan fingerprint density at radius 1 is 1.25 bits per heavy atom. The maximum absolute atomic E-state index is 11.9. The summed E-state index contributed by atoms with van der Waals surface area (Å²) >= 11 is 0. The average Bonchev–Trinajstić information content (AvgIpc) is 2.47. The van der Waals surface area contributed by atoms with Gasteiger partial charge in [-0.05, 0) is 24.3 Å². The highest BCUT2D eigenvalue weighted by Crippen LogP contribution is 2.21. The van der Waals surface area contributed by atoms with E-state index in [0.29, 0.717) is 17.2 Å². The van der Waals surface area contributed by atoms with Gasteiger partial charge < -0.3 is 9.64 Å². The van der Waals surface area contributed by atoms with Gasteiger partial charge in [-0.2, -0.15) is 5.26 Å². The van der Waals surface area contributed by atoms with Crippen LogP contribution in [0.25, 0.3) is 0 Å². The average molecular weight is 267 g/mol. The summed E-state index contributed by atoms with van der Waals surface area (Å²) in [5.74, 6) is 0.716. The van der Waals surface area contributed by atoms with Gasteiger partial charge in [0.15, 0.2) is 0 Å². The lowest BCUT2D eigenvalue weighted by atomic mass is 10.2. The summed E-state index contributed by atoms with van der Waals surface area (Å²) in [7, 11) is 3.38. The number of pyridine rings is 1. The van der Waals surface area contributed by atoms with E-state index in [9.17, 15) is 4.79 Å². The van der Waals surface area contributed by atoms with Gasteiger partial charge in [0.05, 0.1) is 0 Å². The van der Waals surface area contributed by atoms with Crippen molar-refractivity contribution in [2.24, 2.45) is 0 Å². The number of benzene rings is 1. The highest BCUT2D eigenvalue weighted by molar-refractivity contribution is 5.94. The van der Waals surface area contributed by atoms with Crippen LogP contribution in [-0.4, -0.2) is 29.9 Å². The van der Waals surface area contributed by atoms with Crippen molar-refractivity contribution < 1.29 is 9.53 Å². The Morgan fingerprint density at radius 2 is 2.00 bits per heavy atom. The zero-order valence-corrected chi connectivity index (χ0v) is 11.2. The topological polar surface area (TPSA) is 66.2 Å². The van der Waals surface area contributed by atoms with Gasteiger partial charge in [0.25, 0.3) is 5.91 Å². The van der Waals surface area contributed by atoms with Gasteiger partial charge in [-0.25, -0.2) is 4.98 Å². The molecule has 0 aliphatic heterocycles. The monoisotopic (exact) mass is 267 g/mol. The number of ether oxygens (including phenoxy) is 1. The molecule has 1 aromatic heterocycles. The summed E-state index contributed by atoms with van der Waals surface area (Å²) in [5, 5.41) is 8.79. The lowest BCUT2D eigenvalue weighted by molar-refractivity contribution is 0.0827. The number of hydrogen-bond donors (Lipinski definition) is 0. The molecular formula is C15H13N3O2. The van der Waals surface area contributed by atoms with E-state index in [4.69, 9.17) is 10.00 Å². The fourth-order valence-electron chi connectivity index (χ4n) is 1.61. The minimum atomic E-state index is -0.103. The number of carbonyl (C=O) groups excluding carboxylic acids is 1. The van der Waals surface area contributed by atoms with Gasteiger partial charge in [-0.1, -0.05) is 12.1 Å². The lowest BCUT2D eigenvalue weighted by Crippen LogP contribution is -2.21. The lowest BCUT2D eigenvalue weighted by Gasteiger charge is -2.11. The quantitative estimate of drug-likeness (QED) is 0.856. The maximum atomic E-state index is 11.9. The molecule has 0 spiro atoms. The van der Waals surface area contributed by atoms with Crippen molar-refractivity contribution >= 4 is 5.91 Å². The van der Waals surface area contributed by atoms with Gasteiger partial charge in [-0.3, -0.25) is 4.79 Å². The molecule has 0 unspecified atom stereocenters. The summed E-state index contributed by atoms with van der Waals surface area (Å²) < 4.78 is 5.56. The number of amides is 1. The van der Waals surface area contributed by atoms with E-state index < -0.39 is 0 Å². The Kier molecular flexibility index (Phi) is 3.96. The number of rotatable bonds is 3. The maximum Gasteiger partial charge on any atom is 0.253 e. The fraction of sp³-hybridized carbons (Fsp3) is 0.133. The van der Waals surface area contributed by atoms with Crippen LogP contribution in [0, 0.1) is 11.3 Å². The van der Waals surface area contributed by atoms with Gasteiger partial charge in [0.1, 0.15) is 17.5 Å². The van der Waals surface area contributed by atoms with Crippen LogP contribution in [-0.2, 0) is 0 Å². The molecule has 20 heavy (non-hydrogen) atoms. The van der Waals surface area contributed by atoms with Gasteiger partial charge in [0, 0.05) is 25.7 Å². The second-order valence-electron chi connectivity index (χ2n) is 4.30. The zero-order chi connectivity index (χ0) is 14.5. The molecule has 100 valence electrons. The van der Waals surface area contributed by atoms with E-state index in [1.54, 1.807) is 56.6 Å². The molecular weight excluding hydrogens is 254 g/mol. The number of aromatic nitrogens is 1. The fourth-order valence-corrected chi connectivity index (χ4v) is 1.61. The molecule has 0 atom stereocenters. The molecule has 0 bridgehead atoms. The molecule has 1 amide bonds. The van der Waals surface area contributed by atoms with Crippen molar-refractivity contribution in [1.29, 1.82) is 5.26 Å². The minimum absolute atomic E-state index is 0.103. The third-order valence-electron chi connectivity index (χ3n) is 2.55. The Bertz CT molecular complexity index is 675. The van der Waals surface area contributed by atoms with E-state index >= 15 is 0 Å². The summed E-state index contributed by atoms with van der Waals surface area (Å²) in [6.45, 7) is 0. The number of nitrogens with zero attached hydrogens (tertiary/aromatic N) is 3. The first-order chi connectivity index (χ1) is 9.60. The first-order valence-electron chi connectivity index (χ1n) is 5.97. The molecule has 1 aromatic carbocycles. The molecule has 0 N–H and O–H groups in total. The smallest absolute Gasteiger partial charge is 0.253 e. The van der Waals surface area contributed by atoms with Crippen LogP contribution in [0.4, 0.5) is 0 Å². The summed E-state index contributed by atoms with van der Waals surface area (Å²) in [5.41, 5.74) is 0.812. The third-order valence-corrected chi connectivity index (χ3v) is 2.55. The predicted molar refractivity (Wildman–Crippen MR) is 73.5 cm³/mol. The van der Waals surface area contributed by atoms with Gasteiger partial charge in [-0.15, -0.1) is 0 Å². The normalized spacial score (nSPS) is 9.65. The molecule has 0 aliphatic carbocycles. The van der Waals surface area contributed by atoms with Crippen molar-refractivity contribution in [3.63, 3.8) is 0 Å². The molecule has 2 aromatic rings. The SMILES string of the molecule is CN(C)C(=O)c1cccc(Oc2cccc(C#N)n2)c1. The Labute approximate surface area is 117 Å². The molecule has 1 heterocycles. The molecule has 0 fully saturated rings. The predicted octanol–water partition coefficient (Wildman–Crippen LogP) is 2.45. The van der Waals surface area contributed by atoms with E-state index in [2.05, 4.69) is 4.98 Å². The molecule has 2 rings (SSSR count). The highest BCUT2D eigenvalue weighted by atomic mass is 16.5. The third kappa shape index (κ3) is 3.12. The van der Waals surface area contributed by atoms with E-state index in [-0.39, 0.29) is 11.6 Å². The molecule has 0 saturated carbocycles. The van der Waals surface area contributed by atoms with Crippen molar-refractivity contribution in [2.45, 2.75) is 0 Å². The second kappa shape index (κ2) is 5.85. The van der Waals surface area contributed by atoms with Crippen LogP contribution in [0.1, 0.15) is 16.1 Å². The van der Waals surface area contributed by atoms with Crippen LogP contribution in [0.2, 0.25) is 0 Å². The first kappa shape index (κ1) is 13.6. The molecule has 0 radical (unpaired) electrons. The molecule has 5 heteroatoms. The highest BCUT2D eigenvalue weighted by Gasteiger charge is 2.09. The molecule has 0 saturated heterocycles. The van der Waals surface area contributed by atoms with Crippen molar-refractivity contribution in [2.75, 3.05) is 14.1 Å². The van der Waals surface area contributed by atoms with Crippen LogP contribution in [0.5, 0.6) is 11.6 Å². The number of nitriles is 1. The van der Waals surface area contributed by atoms with Crippen molar-refractivity contribution in [3.8, 4) is 17.7 Å². The Hall–Kier alpha value is -2.87. The molecule has 0 aliphatic rings. The standard InChI is InChI=1S/C15H13N3O2/c1-18(2)15(19)11-5-3-7-13(9-11)20-14-8-4-6-12(10-16)17-14/h3-9H,1-2H3. The van der Waals surface area contributed by atoms with Crippen LogP contribution in [0.15, 0.2) is 42.5 Å². The number of carbonyl (C=O) groups is 1. The zero-order valence-electron chi connectivity index (χ0n) is 11.2. The first-order valence-corrected chi connectivity index (χ1v) is 5.97. The van der Waals surface area contributed by atoms with Gasteiger partial charge in [0.2, 0.25) is 5.88 Å². The van der Waals surface area contributed by atoms with Crippen LogP contribution >= 0.6 is 0 Å². The number of hydrogen-bond acceptors (Lipinski definition) is 4.